The second-order valence-electron chi connectivity index (χ2n) is 4.52. The first-order valence-electron chi connectivity index (χ1n) is 6.59. The lowest BCUT2D eigenvalue weighted by Crippen LogP contribution is -2.08. The second-order valence-corrected chi connectivity index (χ2v) is 4.52. The molecule has 0 atom stereocenters. The molecule has 0 saturated heterocycles. The summed E-state index contributed by atoms with van der Waals surface area (Å²) >= 11 is 0. The molecule has 1 fully saturated rings. The molecule has 2 rings (SSSR count). The number of hydrogen-bond donors (Lipinski definition) is 1. The highest BCUT2D eigenvalue weighted by Gasteiger charge is 2.21. The highest BCUT2D eigenvalue weighted by Crippen LogP contribution is 2.25. The van der Waals surface area contributed by atoms with Gasteiger partial charge in [0.05, 0.1) is 6.61 Å². The van der Waals surface area contributed by atoms with E-state index in [1.807, 2.05) is 6.07 Å². The Morgan fingerprint density at radius 2 is 2.12 bits per heavy atom. The van der Waals surface area contributed by atoms with Crippen LogP contribution in [0.15, 0.2) is 6.07 Å². The summed E-state index contributed by atoms with van der Waals surface area (Å²) < 4.78 is 5.59. The Bertz CT molecular complexity index is 364. The van der Waals surface area contributed by atoms with Crippen molar-refractivity contribution in [2.75, 3.05) is 11.9 Å². The van der Waals surface area contributed by atoms with Gasteiger partial charge in [-0.15, -0.1) is 0 Å². The van der Waals surface area contributed by atoms with Gasteiger partial charge in [-0.25, -0.2) is 4.98 Å². The summed E-state index contributed by atoms with van der Waals surface area (Å²) in [6.45, 7) is 4.94. The molecule has 1 saturated carbocycles. The number of nitrogens with one attached hydrogen (secondary N) is 1. The van der Waals surface area contributed by atoms with Crippen molar-refractivity contribution in [3.05, 3.63) is 11.9 Å². The number of aromatic nitrogens is 2. The van der Waals surface area contributed by atoms with Crippen LogP contribution >= 0.6 is 0 Å². The monoisotopic (exact) mass is 235 g/mol. The highest BCUT2D eigenvalue weighted by molar-refractivity contribution is 5.40. The zero-order valence-electron chi connectivity index (χ0n) is 10.7. The van der Waals surface area contributed by atoms with Crippen molar-refractivity contribution in [2.24, 2.45) is 0 Å². The fourth-order valence-corrected chi connectivity index (χ4v) is 1.60. The average Bonchev–Trinajstić information content (AvgIpc) is 3.10. The lowest BCUT2D eigenvalue weighted by molar-refractivity contribution is 0.303. The predicted octanol–water partition coefficient (Wildman–Crippen LogP) is 2.79. The zero-order valence-corrected chi connectivity index (χ0v) is 10.7. The normalized spacial score (nSPS) is 14.7. The molecule has 0 radical (unpaired) electrons. The van der Waals surface area contributed by atoms with Crippen molar-refractivity contribution in [3.63, 3.8) is 0 Å². The predicted molar refractivity (Wildman–Crippen MR) is 68.5 cm³/mol. The third kappa shape index (κ3) is 3.88. The number of hydrogen-bond acceptors (Lipinski definition) is 4. The Kier molecular flexibility index (Phi) is 4.18. The van der Waals surface area contributed by atoms with E-state index < -0.39 is 0 Å². The number of rotatable bonds is 7. The van der Waals surface area contributed by atoms with Crippen LogP contribution in [0.3, 0.4) is 0 Å². The van der Waals surface area contributed by atoms with Gasteiger partial charge in [-0.3, -0.25) is 0 Å². The van der Waals surface area contributed by atoms with Crippen LogP contribution in [0.25, 0.3) is 0 Å². The molecule has 0 unspecified atom stereocenters. The maximum absolute atomic E-state index is 5.59. The summed E-state index contributed by atoms with van der Waals surface area (Å²) in [5.74, 6) is 2.50. The summed E-state index contributed by atoms with van der Waals surface area (Å²) in [6, 6.07) is 2.52. The number of ether oxygens (including phenoxy) is 1. The Morgan fingerprint density at radius 1 is 1.29 bits per heavy atom. The van der Waals surface area contributed by atoms with Crippen molar-refractivity contribution in [1.82, 2.24) is 9.97 Å². The van der Waals surface area contributed by atoms with Crippen LogP contribution in [0.1, 0.15) is 45.4 Å². The average molecular weight is 235 g/mol. The number of aryl methyl sites for hydroxylation is 1. The summed E-state index contributed by atoms with van der Waals surface area (Å²) in [4.78, 5) is 8.92. The van der Waals surface area contributed by atoms with Crippen LogP contribution in [0.2, 0.25) is 0 Å². The largest absolute Gasteiger partial charge is 0.478 e. The highest BCUT2D eigenvalue weighted by atomic mass is 16.5. The topological polar surface area (TPSA) is 47.0 Å². The van der Waals surface area contributed by atoms with Gasteiger partial charge in [-0.2, -0.15) is 4.98 Å². The van der Waals surface area contributed by atoms with Crippen molar-refractivity contribution in [1.29, 1.82) is 0 Å². The standard InChI is InChI=1S/C13H21N3O/c1-3-5-11-15-12(14-10-6-7-10)9-13(16-11)17-8-4-2/h9-10H,3-8H2,1-2H3,(H,14,15,16). The van der Waals surface area contributed by atoms with Gasteiger partial charge in [0, 0.05) is 18.5 Å². The first kappa shape index (κ1) is 12.1. The van der Waals surface area contributed by atoms with E-state index in [-0.39, 0.29) is 0 Å². The third-order valence-electron chi connectivity index (χ3n) is 2.61. The molecule has 1 aliphatic carbocycles. The SMILES string of the molecule is CCCOc1cc(NC2CC2)nc(CCC)n1. The first-order chi connectivity index (χ1) is 8.31. The van der Waals surface area contributed by atoms with Crippen LogP contribution in [0, 0.1) is 0 Å². The van der Waals surface area contributed by atoms with Crippen molar-refractivity contribution >= 4 is 5.82 Å². The number of anilines is 1. The Labute approximate surface area is 103 Å². The molecule has 1 aromatic rings. The van der Waals surface area contributed by atoms with E-state index in [0.29, 0.717) is 18.5 Å². The summed E-state index contributed by atoms with van der Waals surface area (Å²) in [7, 11) is 0. The molecule has 17 heavy (non-hydrogen) atoms. The van der Waals surface area contributed by atoms with Gasteiger partial charge in [-0.05, 0) is 25.7 Å². The molecule has 0 aromatic carbocycles. The minimum atomic E-state index is 0.610. The number of nitrogens with zero attached hydrogens (tertiary/aromatic N) is 2. The lowest BCUT2D eigenvalue weighted by Gasteiger charge is -2.09. The molecular formula is C13H21N3O. The molecule has 4 heteroatoms. The van der Waals surface area contributed by atoms with Crippen LogP contribution in [-0.2, 0) is 6.42 Å². The zero-order chi connectivity index (χ0) is 12.1. The van der Waals surface area contributed by atoms with Gasteiger partial charge in [0.1, 0.15) is 11.6 Å². The van der Waals surface area contributed by atoms with Crippen LogP contribution in [0.4, 0.5) is 5.82 Å². The molecule has 1 aromatic heterocycles. The Balaban J connectivity index is 2.08. The van der Waals surface area contributed by atoms with Crippen LogP contribution in [-0.4, -0.2) is 22.6 Å². The molecule has 0 spiro atoms. The minimum Gasteiger partial charge on any atom is -0.478 e. The van der Waals surface area contributed by atoms with Gasteiger partial charge < -0.3 is 10.1 Å². The van der Waals surface area contributed by atoms with Gasteiger partial charge in [0.15, 0.2) is 0 Å². The van der Waals surface area contributed by atoms with E-state index in [9.17, 15) is 0 Å². The maximum Gasteiger partial charge on any atom is 0.218 e. The Hall–Kier alpha value is -1.32. The molecule has 94 valence electrons. The van der Waals surface area contributed by atoms with Crippen molar-refractivity contribution in [3.8, 4) is 5.88 Å². The quantitative estimate of drug-likeness (QED) is 0.789. The smallest absolute Gasteiger partial charge is 0.218 e. The molecule has 0 amide bonds. The molecule has 0 aliphatic heterocycles. The Morgan fingerprint density at radius 3 is 2.76 bits per heavy atom. The van der Waals surface area contributed by atoms with E-state index in [1.165, 1.54) is 12.8 Å². The fraction of sp³-hybridized carbons (Fsp3) is 0.692. The molecule has 1 aliphatic rings. The van der Waals surface area contributed by atoms with Gasteiger partial charge in [0.25, 0.3) is 0 Å². The van der Waals surface area contributed by atoms with Crippen molar-refractivity contribution in [2.45, 2.75) is 52.0 Å². The maximum atomic E-state index is 5.59. The van der Waals surface area contributed by atoms with Gasteiger partial charge in [-0.1, -0.05) is 13.8 Å². The van der Waals surface area contributed by atoms with Crippen LogP contribution < -0.4 is 10.1 Å². The fourth-order valence-electron chi connectivity index (χ4n) is 1.60. The summed E-state index contributed by atoms with van der Waals surface area (Å²) in [5, 5.41) is 3.40. The molecular weight excluding hydrogens is 214 g/mol. The molecule has 0 bridgehead atoms. The molecule has 1 N–H and O–H groups in total. The van der Waals surface area contributed by atoms with Gasteiger partial charge in [0.2, 0.25) is 5.88 Å². The van der Waals surface area contributed by atoms with E-state index in [4.69, 9.17) is 4.74 Å². The first-order valence-corrected chi connectivity index (χ1v) is 6.59. The summed E-state index contributed by atoms with van der Waals surface area (Å²) in [5.41, 5.74) is 0. The summed E-state index contributed by atoms with van der Waals surface area (Å²) in [6.07, 6.45) is 5.46. The lowest BCUT2D eigenvalue weighted by atomic mass is 10.3. The van der Waals surface area contributed by atoms with E-state index >= 15 is 0 Å². The molecule has 1 heterocycles. The molecule has 4 nitrogen and oxygen atoms in total. The van der Waals surface area contributed by atoms with Gasteiger partial charge >= 0.3 is 0 Å². The van der Waals surface area contributed by atoms with Crippen molar-refractivity contribution < 1.29 is 4.74 Å². The third-order valence-corrected chi connectivity index (χ3v) is 2.61. The van der Waals surface area contributed by atoms with E-state index in [0.717, 1.165) is 30.9 Å². The minimum absolute atomic E-state index is 0.610. The second kappa shape index (κ2) is 5.84. The van der Waals surface area contributed by atoms with E-state index in [2.05, 4.69) is 29.1 Å². The van der Waals surface area contributed by atoms with E-state index in [1.54, 1.807) is 0 Å². The van der Waals surface area contributed by atoms with Crippen LogP contribution in [0.5, 0.6) is 5.88 Å².